The zero-order valence-corrected chi connectivity index (χ0v) is 9.62. The minimum absolute atomic E-state index is 0.0112. The zero-order chi connectivity index (χ0) is 13.4. The van der Waals surface area contributed by atoms with Crippen molar-refractivity contribution in [2.75, 3.05) is 13.7 Å². The van der Waals surface area contributed by atoms with Gasteiger partial charge >= 0.3 is 11.9 Å². The number of nitrogens with zero attached hydrogens (tertiary/aromatic N) is 1. The molecular weight excluding hydrogens is 234 g/mol. The average molecular weight is 249 g/mol. The third kappa shape index (κ3) is 5.25. The van der Waals surface area contributed by atoms with Gasteiger partial charge < -0.3 is 14.6 Å². The van der Waals surface area contributed by atoms with E-state index in [1.54, 1.807) is 0 Å². The molecule has 0 spiro atoms. The third-order valence-corrected chi connectivity index (χ3v) is 2.04. The van der Waals surface area contributed by atoms with E-state index in [-0.39, 0.29) is 19.4 Å². The van der Waals surface area contributed by atoms with Crippen molar-refractivity contribution in [1.82, 2.24) is 0 Å². The molecule has 0 heterocycles. The van der Waals surface area contributed by atoms with Crippen LogP contribution in [0, 0.1) is 10.1 Å². The Kier molecular flexibility index (Phi) is 6.80. The highest BCUT2D eigenvalue weighted by molar-refractivity contribution is 5.75. The summed E-state index contributed by atoms with van der Waals surface area (Å²) in [4.78, 5) is 31.7. The molecule has 0 saturated carbocycles. The van der Waals surface area contributed by atoms with Gasteiger partial charge in [-0.05, 0) is 6.92 Å². The van der Waals surface area contributed by atoms with Gasteiger partial charge in [0.1, 0.15) is 0 Å². The maximum atomic E-state index is 11.1. The summed E-state index contributed by atoms with van der Waals surface area (Å²) >= 11 is 0. The van der Waals surface area contributed by atoms with Gasteiger partial charge in [-0.1, -0.05) is 0 Å². The molecule has 2 unspecified atom stereocenters. The first-order valence-corrected chi connectivity index (χ1v) is 4.99. The molecule has 0 saturated heterocycles. The third-order valence-electron chi connectivity index (χ3n) is 2.04. The highest BCUT2D eigenvalue weighted by atomic mass is 16.6. The molecule has 1 N–H and O–H groups in total. The van der Waals surface area contributed by atoms with Crippen LogP contribution in [0.3, 0.4) is 0 Å². The Morgan fingerprint density at radius 2 is 2.06 bits per heavy atom. The Morgan fingerprint density at radius 3 is 2.47 bits per heavy atom. The summed E-state index contributed by atoms with van der Waals surface area (Å²) < 4.78 is 8.77. The fraction of sp³-hybridized carbons (Fsp3) is 0.778. The quantitative estimate of drug-likeness (QED) is 0.367. The Balaban J connectivity index is 4.46. The molecule has 98 valence electrons. The fourth-order valence-corrected chi connectivity index (χ4v) is 1.13. The Morgan fingerprint density at radius 1 is 1.47 bits per heavy atom. The van der Waals surface area contributed by atoms with Crippen LogP contribution < -0.4 is 0 Å². The lowest BCUT2D eigenvalue weighted by Gasteiger charge is -2.14. The Hall–Kier alpha value is -1.70. The van der Waals surface area contributed by atoms with Crippen molar-refractivity contribution in [3.8, 4) is 0 Å². The summed E-state index contributed by atoms with van der Waals surface area (Å²) in [6.07, 6.45) is -2.42. The minimum Gasteiger partial charge on any atom is -0.469 e. The summed E-state index contributed by atoms with van der Waals surface area (Å²) in [6, 6.07) is -1.58. The molecule has 8 nitrogen and oxygen atoms in total. The van der Waals surface area contributed by atoms with Crippen LogP contribution in [0.2, 0.25) is 0 Å². The van der Waals surface area contributed by atoms with Gasteiger partial charge in [0.05, 0.1) is 20.1 Å². The number of hydrogen-bond acceptors (Lipinski definition) is 7. The Labute approximate surface area is 97.7 Å². The molecule has 0 aromatic carbocycles. The number of esters is 2. The van der Waals surface area contributed by atoms with Crippen LogP contribution in [0.15, 0.2) is 0 Å². The molecule has 2 atom stereocenters. The van der Waals surface area contributed by atoms with Gasteiger partial charge in [0.15, 0.2) is 0 Å². The van der Waals surface area contributed by atoms with Crippen LogP contribution >= 0.6 is 0 Å². The first kappa shape index (κ1) is 15.3. The number of aliphatic hydroxyl groups is 1. The van der Waals surface area contributed by atoms with E-state index in [0.717, 1.165) is 7.11 Å². The van der Waals surface area contributed by atoms with E-state index >= 15 is 0 Å². The summed E-state index contributed by atoms with van der Waals surface area (Å²) in [5, 5.41) is 20.0. The van der Waals surface area contributed by atoms with Crippen LogP contribution in [0.4, 0.5) is 0 Å². The molecule has 0 aliphatic heterocycles. The summed E-state index contributed by atoms with van der Waals surface area (Å²) in [5.41, 5.74) is 0. The van der Waals surface area contributed by atoms with Crippen molar-refractivity contribution in [3.05, 3.63) is 10.1 Å². The van der Waals surface area contributed by atoms with Gasteiger partial charge in [-0.15, -0.1) is 0 Å². The van der Waals surface area contributed by atoms with Gasteiger partial charge in [0.25, 0.3) is 0 Å². The lowest BCUT2D eigenvalue weighted by molar-refractivity contribution is -0.532. The maximum Gasteiger partial charge on any atom is 0.342 e. The van der Waals surface area contributed by atoms with Crippen molar-refractivity contribution in [1.29, 1.82) is 0 Å². The van der Waals surface area contributed by atoms with E-state index in [1.165, 1.54) is 6.92 Å². The lowest BCUT2D eigenvalue weighted by Crippen LogP contribution is -2.41. The lowest BCUT2D eigenvalue weighted by atomic mass is 10.1. The van der Waals surface area contributed by atoms with Gasteiger partial charge in [-0.3, -0.25) is 14.9 Å². The van der Waals surface area contributed by atoms with Crippen LogP contribution in [0.25, 0.3) is 0 Å². The molecule has 0 aromatic rings. The van der Waals surface area contributed by atoms with E-state index in [2.05, 4.69) is 9.47 Å². The van der Waals surface area contributed by atoms with Gasteiger partial charge in [0, 0.05) is 11.3 Å². The van der Waals surface area contributed by atoms with Crippen molar-refractivity contribution >= 4 is 11.9 Å². The van der Waals surface area contributed by atoms with E-state index in [9.17, 15) is 24.8 Å². The predicted molar refractivity (Wildman–Crippen MR) is 54.7 cm³/mol. The normalized spacial score (nSPS) is 13.6. The molecule has 0 aliphatic carbocycles. The van der Waals surface area contributed by atoms with Crippen molar-refractivity contribution in [2.45, 2.75) is 31.9 Å². The molecule has 0 fully saturated rings. The monoisotopic (exact) mass is 249 g/mol. The van der Waals surface area contributed by atoms with E-state index in [4.69, 9.17) is 0 Å². The minimum atomic E-state index is -1.88. The second-order valence-electron chi connectivity index (χ2n) is 3.16. The van der Waals surface area contributed by atoms with E-state index in [0.29, 0.717) is 0 Å². The van der Waals surface area contributed by atoms with Gasteiger partial charge in [-0.25, -0.2) is 4.79 Å². The van der Waals surface area contributed by atoms with Gasteiger partial charge in [0.2, 0.25) is 12.1 Å². The number of carbonyl (C=O) groups is 2. The number of hydrogen-bond donors (Lipinski definition) is 1. The second kappa shape index (κ2) is 7.55. The number of nitro groups is 1. The van der Waals surface area contributed by atoms with Crippen LogP contribution in [-0.2, 0) is 19.1 Å². The predicted octanol–water partition coefficient (Wildman–Crippen LogP) is -0.491. The standard InChI is InChI=1S/C9H15NO7/c1-3-17-9(13)8(12)6(10(14)15)4-5-7(11)16-2/h6,8,12H,3-5H2,1-2H3. The van der Waals surface area contributed by atoms with E-state index in [1.807, 2.05) is 0 Å². The van der Waals surface area contributed by atoms with E-state index < -0.39 is 29.0 Å². The number of ether oxygens (including phenoxy) is 2. The molecule has 17 heavy (non-hydrogen) atoms. The maximum absolute atomic E-state index is 11.1. The summed E-state index contributed by atoms with van der Waals surface area (Å²) in [6.45, 7) is 1.53. The zero-order valence-electron chi connectivity index (χ0n) is 9.62. The largest absolute Gasteiger partial charge is 0.469 e. The first-order valence-electron chi connectivity index (χ1n) is 4.99. The van der Waals surface area contributed by atoms with Crippen molar-refractivity contribution in [2.24, 2.45) is 0 Å². The topological polar surface area (TPSA) is 116 Å². The molecule has 0 amide bonds. The summed E-state index contributed by atoms with van der Waals surface area (Å²) in [5.74, 6) is -1.72. The molecular formula is C9H15NO7. The first-order chi connectivity index (χ1) is 7.93. The average Bonchev–Trinajstić information content (AvgIpc) is 2.28. The molecule has 0 radical (unpaired) electrons. The van der Waals surface area contributed by atoms with Crippen LogP contribution in [0.5, 0.6) is 0 Å². The number of methoxy groups -OCH3 is 1. The SMILES string of the molecule is CCOC(=O)C(O)C(CCC(=O)OC)[N+](=O)[O-]. The molecule has 0 aromatic heterocycles. The van der Waals surface area contributed by atoms with Crippen LogP contribution in [-0.4, -0.2) is 47.8 Å². The highest BCUT2D eigenvalue weighted by Crippen LogP contribution is 2.09. The molecule has 0 bridgehead atoms. The molecule has 8 heteroatoms. The fourth-order valence-electron chi connectivity index (χ4n) is 1.13. The Bertz CT molecular complexity index is 291. The van der Waals surface area contributed by atoms with Crippen molar-refractivity contribution < 1.29 is 29.1 Å². The van der Waals surface area contributed by atoms with Crippen molar-refractivity contribution in [3.63, 3.8) is 0 Å². The smallest absolute Gasteiger partial charge is 0.342 e. The number of rotatable bonds is 7. The van der Waals surface area contributed by atoms with Crippen LogP contribution in [0.1, 0.15) is 19.8 Å². The molecule has 0 aliphatic rings. The second-order valence-corrected chi connectivity index (χ2v) is 3.16. The summed E-state index contributed by atoms with van der Waals surface area (Å²) in [7, 11) is 1.14. The highest BCUT2D eigenvalue weighted by Gasteiger charge is 2.36. The molecule has 0 rings (SSSR count). The number of carbonyl (C=O) groups excluding carboxylic acids is 2. The number of aliphatic hydroxyl groups excluding tert-OH is 1. The van der Waals surface area contributed by atoms with Gasteiger partial charge in [-0.2, -0.15) is 0 Å².